The van der Waals surface area contributed by atoms with E-state index in [2.05, 4.69) is 16.6 Å². The fraction of sp³-hybridized carbons (Fsp3) is 0. The number of pyridine rings is 2. The minimum Gasteiger partial charge on any atom is -0.284 e. The Bertz CT molecular complexity index is 447. The molecule has 0 amide bonds. The number of hydrogen-bond donors (Lipinski definition) is 2. The van der Waals surface area contributed by atoms with Crippen LogP contribution in [0.4, 0.5) is 0 Å². The fourth-order valence-electron chi connectivity index (χ4n) is 1.13. The van der Waals surface area contributed by atoms with E-state index in [9.17, 15) is 5.21 Å². The molecular weight excluding hydrogens is 204 g/mol. The normalized spacial score (nSPS) is 10.5. The second kappa shape index (κ2) is 3.43. The van der Waals surface area contributed by atoms with Crippen LogP contribution in [0.15, 0.2) is 35.5 Å². The number of fused-ring (bicyclic) bond motifs is 1. The Morgan fingerprint density at radius 2 is 2.38 bits per heavy atom. The zero-order valence-electron chi connectivity index (χ0n) is 6.58. The standard InChI is InChI=1S/C8H6N2OS2/c11-10-5-6(13-12)4-7-8(10)2-1-3-9-7/h1-5H,(H-,11,12)/p+1. The monoisotopic (exact) mass is 211 g/mol. The minimum absolute atomic E-state index is 0.689. The Morgan fingerprint density at radius 1 is 1.54 bits per heavy atom. The van der Waals surface area contributed by atoms with Gasteiger partial charge in [0.15, 0.2) is 0 Å². The first-order valence-corrected chi connectivity index (χ1v) is 5.49. The summed E-state index contributed by atoms with van der Waals surface area (Å²) in [6.45, 7) is 0. The third kappa shape index (κ3) is 1.57. The Labute approximate surface area is 84.2 Å². The molecule has 2 aromatic rings. The molecule has 0 fully saturated rings. The molecule has 5 heteroatoms. The average Bonchev–Trinajstić information content (AvgIpc) is 2.18. The van der Waals surface area contributed by atoms with Gasteiger partial charge in [-0.2, -0.15) is 0 Å². The molecule has 0 bridgehead atoms. The summed E-state index contributed by atoms with van der Waals surface area (Å²) in [5, 5.41) is 9.51. The van der Waals surface area contributed by atoms with Crippen molar-refractivity contribution in [1.29, 1.82) is 0 Å². The summed E-state index contributed by atoms with van der Waals surface area (Å²) in [5.41, 5.74) is 1.44. The van der Waals surface area contributed by atoms with Crippen LogP contribution in [0.25, 0.3) is 11.0 Å². The van der Waals surface area contributed by atoms with Crippen LogP contribution in [0.1, 0.15) is 0 Å². The summed E-state index contributed by atoms with van der Waals surface area (Å²) in [7, 11) is 1.27. The van der Waals surface area contributed by atoms with Gasteiger partial charge in [-0.25, -0.2) is 4.98 Å². The largest absolute Gasteiger partial charge is 0.284 e. The molecule has 0 aliphatic carbocycles. The van der Waals surface area contributed by atoms with E-state index in [1.54, 1.807) is 24.5 Å². The van der Waals surface area contributed by atoms with Crippen LogP contribution in [0.3, 0.4) is 0 Å². The predicted molar refractivity (Wildman–Crippen MR) is 54.0 cm³/mol. The summed E-state index contributed by atoms with van der Waals surface area (Å²) in [6, 6.07) is 5.46. The smallest absolute Gasteiger partial charge is 0.282 e. The van der Waals surface area contributed by atoms with Gasteiger partial charge in [0.25, 0.3) is 5.52 Å². The van der Waals surface area contributed by atoms with E-state index < -0.39 is 0 Å². The van der Waals surface area contributed by atoms with E-state index in [0.29, 0.717) is 5.52 Å². The van der Waals surface area contributed by atoms with Crippen LogP contribution in [-0.2, 0) is 0 Å². The number of nitrogens with zero attached hydrogens (tertiary/aromatic N) is 2. The number of hydrogen-bond acceptors (Lipinski definition) is 4. The Balaban J connectivity index is 2.77. The number of aromatic nitrogens is 2. The lowest BCUT2D eigenvalue weighted by atomic mass is 10.3. The van der Waals surface area contributed by atoms with Gasteiger partial charge in [-0.1, -0.05) is 10.8 Å². The van der Waals surface area contributed by atoms with Gasteiger partial charge in [-0.3, -0.25) is 5.21 Å². The van der Waals surface area contributed by atoms with Crippen molar-refractivity contribution in [3.05, 3.63) is 30.6 Å². The van der Waals surface area contributed by atoms with Gasteiger partial charge in [-0.05, 0) is 12.1 Å². The highest BCUT2D eigenvalue weighted by Gasteiger charge is 2.10. The summed E-state index contributed by atoms with van der Waals surface area (Å²) in [6.07, 6.45) is 3.29. The third-order valence-corrected chi connectivity index (χ3v) is 2.76. The molecule has 0 aromatic carbocycles. The molecular formula is C8H7N2OS2+. The minimum atomic E-state index is 0.689. The van der Waals surface area contributed by atoms with Gasteiger partial charge in [0.2, 0.25) is 6.20 Å². The van der Waals surface area contributed by atoms with Crippen molar-refractivity contribution >= 4 is 33.5 Å². The Hall–Kier alpha value is -0.940. The first-order chi connectivity index (χ1) is 6.31. The SMILES string of the molecule is O[n+]1cc(SS)cc2ncccc21. The van der Waals surface area contributed by atoms with Gasteiger partial charge in [0, 0.05) is 17.0 Å². The molecule has 13 heavy (non-hydrogen) atoms. The highest BCUT2D eigenvalue weighted by atomic mass is 33.1. The van der Waals surface area contributed by atoms with Crippen LogP contribution >= 0.6 is 22.5 Å². The van der Waals surface area contributed by atoms with Crippen LogP contribution < -0.4 is 4.73 Å². The van der Waals surface area contributed by atoms with Gasteiger partial charge in [-0.15, -0.1) is 11.7 Å². The molecule has 2 rings (SSSR count). The summed E-state index contributed by atoms with van der Waals surface area (Å²) in [5.74, 6) is 0. The lowest BCUT2D eigenvalue weighted by molar-refractivity contribution is -0.886. The maximum Gasteiger partial charge on any atom is 0.282 e. The van der Waals surface area contributed by atoms with Crippen LogP contribution in [0, 0.1) is 0 Å². The molecule has 0 saturated carbocycles. The molecule has 2 heterocycles. The van der Waals surface area contributed by atoms with Crippen molar-refractivity contribution in [3.63, 3.8) is 0 Å². The van der Waals surface area contributed by atoms with E-state index in [4.69, 9.17) is 0 Å². The molecule has 0 radical (unpaired) electrons. The van der Waals surface area contributed by atoms with E-state index >= 15 is 0 Å². The maximum absolute atomic E-state index is 9.51. The first kappa shape index (κ1) is 8.65. The highest BCUT2D eigenvalue weighted by molar-refractivity contribution is 8.68. The zero-order valence-corrected chi connectivity index (χ0v) is 8.29. The van der Waals surface area contributed by atoms with Crippen LogP contribution in [-0.4, -0.2) is 10.2 Å². The highest BCUT2D eigenvalue weighted by Crippen LogP contribution is 2.21. The summed E-state index contributed by atoms with van der Waals surface area (Å²) >= 11 is 4.05. The van der Waals surface area contributed by atoms with Crippen molar-refractivity contribution in [3.8, 4) is 0 Å². The molecule has 3 nitrogen and oxygen atoms in total. The summed E-state index contributed by atoms with van der Waals surface area (Å²) in [4.78, 5) is 4.98. The van der Waals surface area contributed by atoms with Crippen molar-refractivity contribution < 1.29 is 9.94 Å². The first-order valence-electron chi connectivity index (χ1n) is 3.62. The van der Waals surface area contributed by atoms with Crippen LogP contribution in [0.5, 0.6) is 0 Å². The number of thiol groups is 1. The lowest BCUT2D eigenvalue weighted by Crippen LogP contribution is -2.30. The lowest BCUT2D eigenvalue weighted by Gasteiger charge is -1.94. The second-order valence-electron chi connectivity index (χ2n) is 2.52. The average molecular weight is 211 g/mol. The second-order valence-corrected chi connectivity index (χ2v) is 3.72. The van der Waals surface area contributed by atoms with E-state index in [-0.39, 0.29) is 0 Å². The molecule has 0 atom stereocenters. The molecule has 0 saturated heterocycles. The third-order valence-electron chi connectivity index (χ3n) is 1.70. The fourth-order valence-corrected chi connectivity index (χ4v) is 1.74. The van der Waals surface area contributed by atoms with Gasteiger partial charge >= 0.3 is 0 Å². The molecule has 0 unspecified atom stereocenters. The predicted octanol–water partition coefficient (Wildman–Crippen LogP) is 1.70. The molecule has 2 aromatic heterocycles. The maximum atomic E-state index is 9.51. The zero-order chi connectivity index (χ0) is 9.26. The molecule has 0 spiro atoms. The van der Waals surface area contributed by atoms with E-state index in [0.717, 1.165) is 15.1 Å². The molecule has 66 valence electrons. The van der Waals surface area contributed by atoms with E-state index in [1.165, 1.54) is 10.8 Å². The molecule has 1 N–H and O–H groups in total. The Morgan fingerprint density at radius 3 is 3.15 bits per heavy atom. The van der Waals surface area contributed by atoms with Crippen molar-refractivity contribution in [2.75, 3.05) is 0 Å². The molecule has 0 aliphatic heterocycles. The quantitative estimate of drug-likeness (QED) is 0.326. The number of rotatable bonds is 1. The topological polar surface area (TPSA) is 37.0 Å². The molecule has 0 aliphatic rings. The van der Waals surface area contributed by atoms with Crippen LogP contribution in [0.2, 0.25) is 0 Å². The van der Waals surface area contributed by atoms with E-state index in [1.807, 2.05) is 6.07 Å². The summed E-state index contributed by atoms with van der Waals surface area (Å²) < 4.78 is 1.06. The Kier molecular flexibility index (Phi) is 2.28. The van der Waals surface area contributed by atoms with Gasteiger partial charge < -0.3 is 0 Å². The van der Waals surface area contributed by atoms with Crippen molar-refractivity contribution in [2.24, 2.45) is 0 Å². The van der Waals surface area contributed by atoms with Gasteiger partial charge in [0.1, 0.15) is 5.52 Å². The van der Waals surface area contributed by atoms with Crippen molar-refractivity contribution in [1.82, 2.24) is 4.98 Å². The van der Waals surface area contributed by atoms with Gasteiger partial charge in [0.05, 0.1) is 4.90 Å². The van der Waals surface area contributed by atoms with Crippen molar-refractivity contribution in [2.45, 2.75) is 4.90 Å².